The fourth-order valence-electron chi connectivity index (χ4n) is 3.16. The van der Waals surface area contributed by atoms with Gasteiger partial charge in [0.2, 0.25) is 0 Å². The molecule has 0 spiro atoms. The number of hydrogen-bond acceptors (Lipinski definition) is 2. The molecule has 1 atom stereocenters. The molecule has 0 radical (unpaired) electrons. The molecule has 1 aromatic rings. The van der Waals surface area contributed by atoms with Crippen LogP contribution in [0.15, 0.2) is 24.3 Å². The molecule has 1 saturated carbocycles. The average Bonchev–Trinajstić information content (AvgIpc) is 2.65. The number of benzene rings is 1. The smallest absolute Gasteiger partial charge is 0.123 e. The molecular formula is C16H24FNO. The Bertz CT molecular complexity index is 399. The second-order valence-electron chi connectivity index (χ2n) is 5.44. The van der Waals surface area contributed by atoms with Crippen molar-refractivity contribution in [3.05, 3.63) is 35.6 Å². The lowest BCUT2D eigenvalue weighted by Gasteiger charge is -2.38. The zero-order valence-corrected chi connectivity index (χ0v) is 11.7. The lowest BCUT2D eigenvalue weighted by Crippen LogP contribution is -2.43. The summed E-state index contributed by atoms with van der Waals surface area (Å²) >= 11 is 0. The molecule has 0 heterocycles. The highest BCUT2D eigenvalue weighted by molar-refractivity contribution is 5.23. The second kappa shape index (κ2) is 6.49. The van der Waals surface area contributed by atoms with Gasteiger partial charge in [-0.1, -0.05) is 37.8 Å². The van der Waals surface area contributed by atoms with E-state index in [2.05, 4.69) is 0 Å². The summed E-state index contributed by atoms with van der Waals surface area (Å²) in [7, 11) is 0. The standard InChI is InChI=1S/C16H24FNO/c1-2-19-16(10-5-3-4-6-11-16)15(18)13-8-7-9-14(17)12-13/h7-9,12,15H,2-6,10-11,18H2,1H3. The van der Waals surface area contributed by atoms with Crippen LogP contribution in [-0.2, 0) is 4.74 Å². The van der Waals surface area contributed by atoms with Crippen molar-refractivity contribution in [2.45, 2.75) is 57.1 Å². The molecular weight excluding hydrogens is 241 g/mol. The highest BCUT2D eigenvalue weighted by atomic mass is 19.1. The highest BCUT2D eigenvalue weighted by Crippen LogP contribution is 2.39. The molecule has 106 valence electrons. The van der Waals surface area contributed by atoms with Crippen molar-refractivity contribution in [1.29, 1.82) is 0 Å². The Morgan fingerprint density at radius 1 is 1.26 bits per heavy atom. The van der Waals surface area contributed by atoms with Gasteiger partial charge in [-0.2, -0.15) is 0 Å². The Morgan fingerprint density at radius 3 is 2.53 bits per heavy atom. The van der Waals surface area contributed by atoms with Crippen LogP contribution < -0.4 is 5.73 Å². The Morgan fingerprint density at radius 2 is 1.95 bits per heavy atom. The third-order valence-corrected chi connectivity index (χ3v) is 4.16. The van der Waals surface area contributed by atoms with E-state index in [4.69, 9.17) is 10.5 Å². The molecule has 1 unspecified atom stereocenters. The molecule has 1 fully saturated rings. The van der Waals surface area contributed by atoms with Crippen LogP contribution in [0.5, 0.6) is 0 Å². The van der Waals surface area contributed by atoms with Crippen LogP contribution >= 0.6 is 0 Å². The zero-order valence-electron chi connectivity index (χ0n) is 11.7. The summed E-state index contributed by atoms with van der Waals surface area (Å²) in [5, 5.41) is 0. The van der Waals surface area contributed by atoms with Gasteiger partial charge < -0.3 is 10.5 Å². The number of ether oxygens (including phenoxy) is 1. The third-order valence-electron chi connectivity index (χ3n) is 4.16. The normalized spacial score (nSPS) is 20.8. The van der Waals surface area contributed by atoms with E-state index in [1.165, 1.54) is 25.0 Å². The van der Waals surface area contributed by atoms with E-state index >= 15 is 0 Å². The van der Waals surface area contributed by atoms with Crippen LogP contribution in [-0.4, -0.2) is 12.2 Å². The molecule has 0 aromatic heterocycles. The SMILES string of the molecule is CCOC1(C(N)c2cccc(F)c2)CCCCCC1. The number of rotatable bonds is 4. The maximum Gasteiger partial charge on any atom is 0.123 e. The Labute approximate surface area is 115 Å². The third kappa shape index (κ3) is 3.34. The van der Waals surface area contributed by atoms with Gasteiger partial charge >= 0.3 is 0 Å². The van der Waals surface area contributed by atoms with Gasteiger partial charge in [-0.3, -0.25) is 0 Å². The summed E-state index contributed by atoms with van der Waals surface area (Å²) in [6.45, 7) is 2.66. The second-order valence-corrected chi connectivity index (χ2v) is 5.44. The molecule has 2 rings (SSSR count). The van der Waals surface area contributed by atoms with E-state index in [0.717, 1.165) is 31.2 Å². The predicted molar refractivity (Wildman–Crippen MR) is 75.4 cm³/mol. The van der Waals surface area contributed by atoms with E-state index in [-0.39, 0.29) is 17.5 Å². The molecule has 1 aliphatic rings. The minimum Gasteiger partial charge on any atom is -0.373 e. The van der Waals surface area contributed by atoms with E-state index in [0.29, 0.717) is 6.61 Å². The minimum atomic E-state index is -0.320. The first-order valence-corrected chi connectivity index (χ1v) is 7.33. The summed E-state index contributed by atoms with van der Waals surface area (Å²) in [5.41, 5.74) is 6.96. The summed E-state index contributed by atoms with van der Waals surface area (Å²) in [6.07, 6.45) is 6.71. The van der Waals surface area contributed by atoms with Gasteiger partial charge in [0.1, 0.15) is 5.82 Å². The molecule has 3 heteroatoms. The van der Waals surface area contributed by atoms with E-state index < -0.39 is 0 Å². The van der Waals surface area contributed by atoms with Crippen molar-refractivity contribution in [1.82, 2.24) is 0 Å². The van der Waals surface area contributed by atoms with Crippen LogP contribution in [0.1, 0.15) is 57.1 Å². The van der Waals surface area contributed by atoms with Crippen LogP contribution in [0, 0.1) is 5.82 Å². The Kier molecular flexibility index (Phi) is 4.94. The lowest BCUT2D eigenvalue weighted by molar-refractivity contribution is -0.0696. The molecule has 19 heavy (non-hydrogen) atoms. The first-order valence-electron chi connectivity index (χ1n) is 7.33. The predicted octanol–water partition coefficient (Wildman–Crippen LogP) is 3.96. The van der Waals surface area contributed by atoms with Crippen molar-refractivity contribution >= 4 is 0 Å². The van der Waals surface area contributed by atoms with Gasteiger partial charge in [-0.25, -0.2) is 4.39 Å². The van der Waals surface area contributed by atoms with Gasteiger partial charge in [0, 0.05) is 6.61 Å². The van der Waals surface area contributed by atoms with Gasteiger partial charge in [0.15, 0.2) is 0 Å². The van der Waals surface area contributed by atoms with Crippen molar-refractivity contribution < 1.29 is 9.13 Å². The number of hydrogen-bond donors (Lipinski definition) is 1. The van der Waals surface area contributed by atoms with E-state index in [1.54, 1.807) is 6.07 Å². The minimum absolute atomic E-state index is 0.228. The molecule has 1 aromatic carbocycles. The summed E-state index contributed by atoms with van der Waals surface area (Å²) in [6, 6.07) is 6.37. The molecule has 0 bridgehead atoms. The first kappa shape index (κ1) is 14.5. The van der Waals surface area contributed by atoms with Crippen LogP contribution in [0.2, 0.25) is 0 Å². The average molecular weight is 265 g/mol. The van der Waals surface area contributed by atoms with E-state index in [1.807, 2.05) is 13.0 Å². The fraction of sp³-hybridized carbons (Fsp3) is 0.625. The molecule has 0 aliphatic heterocycles. The number of halogens is 1. The van der Waals surface area contributed by atoms with Crippen molar-refractivity contribution in [2.24, 2.45) is 5.73 Å². The topological polar surface area (TPSA) is 35.2 Å². The monoisotopic (exact) mass is 265 g/mol. The summed E-state index contributed by atoms with van der Waals surface area (Å²) in [5.74, 6) is -0.228. The van der Waals surface area contributed by atoms with Crippen LogP contribution in [0.3, 0.4) is 0 Å². The van der Waals surface area contributed by atoms with Gasteiger partial charge in [-0.15, -0.1) is 0 Å². The van der Waals surface area contributed by atoms with Crippen molar-refractivity contribution in [3.63, 3.8) is 0 Å². The molecule has 0 saturated heterocycles. The van der Waals surface area contributed by atoms with Crippen LogP contribution in [0.4, 0.5) is 4.39 Å². The van der Waals surface area contributed by atoms with Crippen LogP contribution in [0.25, 0.3) is 0 Å². The first-order chi connectivity index (χ1) is 9.18. The highest BCUT2D eigenvalue weighted by Gasteiger charge is 2.38. The van der Waals surface area contributed by atoms with Gasteiger partial charge in [-0.05, 0) is 37.5 Å². The molecule has 0 amide bonds. The maximum absolute atomic E-state index is 13.4. The van der Waals surface area contributed by atoms with Gasteiger partial charge in [0.05, 0.1) is 11.6 Å². The van der Waals surface area contributed by atoms with Crippen molar-refractivity contribution in [3.8, 4) is 0 Å². The molecule has 1 aliphatic carbocycles. The quantitative estimate of drug-likeness (QED) is 0.836. The Hall–Kier alpha value is -0.930. The van der Waals surface area contributed by atoms with E-state index in [9.17, 15) is 4.39 Å². The zero-order chi connectivity index (χ0) is 13.7. The fourth-order valence-corrected chi connectivity index (χ4v) is 3.16. The molecule has 2 N–H and O–H groups in total. The maximum atomic E-state index is 13.4. The van der Waals surface area contributed by atoms with Gasteiger partial charge in [0.25, 0.3) is 0 Å². The summed E-state index contributed by atoms with van der Waals surface area (Å²) in [4.78, 5) is 0. The largest absolute Gasteiger partial charge is 0.373 e. The Balaban J connectivity index is 2.26. The lowest BCUT2D eigenvalue weighted by atomic mass is 9.82. The number of nitrogens with two attached hydrogens (primary N) is 1. The molecule has 2 nitrogen and oxygen atoms in total. The van der Waals surface area contributed by atoms with Crippen molar-refractivity contribution in [2.75, 3.05) is 6.61 Å². The summed E-state index contributed by atoms with van der Waals surface area (Å²) < 4.78 is 19.4.